The molecule has 0 radical (unpaired) electrons. The van der Waals surface area contributed by atoms with Gasteiger partial charge in [0.15, 0.2) is 0 Å². The Hall–Kier alpha value is -1.14. The average molecular weight is 796 g/mol. The Morgan fingerprint density at radius 2 is 0.839 bits per heavy atom. The third kappa shape index (κ3) is 45.6. The maximum absolute atomic E-state index is 12.8. The molecule has 0 amide bonds. The smallest absolute Gasteiger partial charge is 0.308 e. The Labute approximate surface area is 351 Å². The topological polar surface area (TPSA) is 76.1 Å². The third-order valence-corrected chi connectivity index (χ3v) is 11.5. The largest absolute Gasteiger partial charge is 0.468 e. The molecule has 1 N–H and O–H groups in total. The second kappa shape index (κ2) is 50.0. The first kappa shape index (κ1) is 57.0. The summed E-state index contributed by atoms with van der Waals surface area (Å²) in [6, 6.07) is 0. The fourth-order valence-corrected chi connectivity index (χ4v) is 7.67. The second-order valence-corrected chi connectivity index (χ2v) is 17.2. The minimum atomic E-state index is 0.0522. The summed E-state index contributed by atoms with van der Waals surface area (Å²) in [6.45, 7) is 16.7. The van der Waals surface area contributed by atoms with E-state index in [2.05, 4.69) is 39.5 Å². The fourth-order valence-electron chi connectivity index (χ4n) is 7.67. The van der Waals surface area contributed by atoms with Gasteiger partial charge in [-0.3, -0.25) is 9.59 Å². The second-order valence-electron chi connectivity index (χ2n) is 17.2. The predicted octanol–water partition coefficient (Wildman–Crippen LogP) is 15.0. The Morgan fingerprint density at radius 3 is 1.29 bits per heavy atom. The van der Waals surface area contributed by atoms with E-state index in [1.54, 1.807) is 0 Å². The van der Waals surface area contributed by atoms with Gasteiger partial charge in [0, 0.05) is 6.61 Å². The maximum Gasteiger partial charge on any atom is 0.308 e. The molecule has 0 fully saturated rings. The van der Waals surface area contributed by atoms with Gasteiger partial charge in [-0.05, 0) is 76.9 Å². The summed E-state index contributed by atoms with van der Waals surface area (Å²) in [4.78, 5) is 25.6. The lowest BCUT2D eigenvalue weighted by Gasteiger charge is -2.22. The van der Waals surface area contributed by atoms with Crippen LogP contribution in [0.5, 0.6) is 0 Å². The SMILES string of the molecule is CCCCCCCCC(C)CCCCCC.CCCCCCCCC(CCCCCC)C(=O)OCCCCCCN(CCCCO)CCCCCCCOC=O. The van der Waals surface area contributed by atoms with Gasteiger partial charge in [0.1, 0.15) is 0 Å². The van der Waals surface area contributed by atoms with Gasteiger partial charge in [0.25, 0.3) is 6.47 Å². The quantitative estimate of drug-likeness (QED) is 0.0376. The monoisotopic (exact) mass is 796 g/mol. The minimum Gasteiger partial charge on any atom is -0.468 e. The van der Waals surface area contributed by atoms with Gasteiger partial charge < -0.3 is 19.5 Å². The van der Waals surface area contributed by atoms with Crippen molar-refractivity contribution in [2.45, 2.75) is 259 Å². The highest BCUT2D eigenvalue weighted by Crippen LogP contribution is 2.21. The van der Waals surface area contributed by atoms with E-state index in [9.17, 15) is 9.59 Å². The summed E-state index contributed by atoms with van der Waals surface area (Å²) >= 11 is 0. The van der Waals surface area contributed by atoms with Gasteiger partial charge in [0.05, 0.1) is 19.1 Å². The Morgan fingerprint density at radius 1 is 0.482 bits per heavy atom. The third-order valence-electron chi connectivity index (χ3n) is 11.5. The lowest BCUT2D eigenvalue weighted by Crippen LogP contribution is -2.27. The number of hydrogen-bond acceptors (Lipinski definition) is 6. The number of hydrogen-bond donors (Lipinski definition) is 1. The maximum atomic E-state index is 12.8. The van der Waals surface area contributed by atoms with E-state index < -0.39 is 0 Å². The first-order valence-electron chi connectivity index (χ1n) is 25.0. The normalized spacial score (nSPS) is 12.3. The number of rotatable bonds is 45. The molecule has 6 nitrogen and oxygen atoms in total. The Bertz CT molecular complexity index is 749. The lowest BCUT2D eigenvalue weighted by molar-refractivity contribution is -0.149. The summed E-state index contributed by atoms with van der Waals surface area (Å²) in [5.41, 5.74) is 0. The zero-order valence-electron chi connectivity index (χ0n) is 38.8. The molecule has 0 spiro atoms. The lowest BCUT2D eigenvalue weighted by atomic mass is 9.94. The zero-order chi connectivity index (χ0) is 41.4. The molecule has 0 aromatic rings. The van der Waals surface area contributed by atoms with E-state index in [0.717, 1.165) is 89.8 Å². The van der Waals surface area contributed by atoms with Gasteiger partial charge in [0.2, 0.25) is 0 Å². The molecule has 0 aliphatic heterocycles. The van der Waals surface area contributed by atoms with Gasteiger partial charge in [-0.2, -0.15) is 0 Å². The van der Waals surface area contributed by atoms with Gasteiger partial charge in [-0.1, -0.05) is 208 Å². The predicted molar refractivity (Wildman–Crippen MR) is 243 cm³/mol. The Kier molecular flexibility index (Phi) is 50.9. The van der Waals surface area contributed by atoms with Gasteiger partial charge in [-0.15, -0.1) is 0 Å². The fraction of sp³-hybridized carbons (Fsp3) is 0.960. The van der Waals surface area contributed by atoms with Crippen LogP contribution in [0.1, 0.15) is 259 Å². The number of aliphatic hydroxyl groups excluding tert-OH is 1. The van der Waals surface area contributed by atoms with Crippen LogP contribution in [-0.4, -0.2) is 61.9 Å². The number of unbranched alkanes of at least 4 members (excludes halogenated alkanes) is 24. The number of esters is 1. The molecule has 0 aromatic heterocycles. The van der Waals surface area contributed by atoms with Crippen LogP contribution in [0.3, 0.4) is 0 Å². The molecule has 336 valence electrons. The van der Waals surface area contributed by atoms with Crippen molar-refractivity contribution in [3.05, 3.63) is 0 Å². The highest BCUT2D eigenvalue weighted by Gasteiger charge is 2.19. The molecule has 0 saturated heterocycles. The van der Waals surface area contributed by atoms with Crippen LogP contribution >= 0.6 is 0 Å². The standard InChI is InChI=1S/C34H67NO5.C16H34/c1-3-5-7-9-11-17-25-33(24-16-8-6-4-2)34(38)40-31-23-15-13-19-27-35(28-20-21-29-36)26-18-12-10-14-22-30-39-32-37;1-4-6-8-10-11-13-15-16(3)14-12-9-7-5-2/h32-33,36H,3-31H2,1-2H3;16H,4-15H2,1-3H3. The number of carbonyl (C=O) groups excluding carboxylic acids is 2. The van der Waals surface area contributed by atoms with Crippen LogP contribution in [-0.2, 0) is 19.1 Å². The van der Waals surface area contributed by atoms with E-state index in [1.807, 2.05) is 0 Å². The molecule has 0 rings (SSSR count). The number of aliphatic hydroxyl groups is 1. The summed E-state index contributed by atoms with van der Waals surface area (Å²) < 4.78 is 10.5. The van der Waals surface area contributed by atoms with Crippen LogP contribution < -0.4 is 0 Å². The highest BCUT2D eigenvalue weighted by molar-refractivity contribution is 5.72. The summed E-state index contributed by atoms with van der Waals surface area (Å²) in [5, 5.41) is 9.14. The van der Waals surface area contributed by atoms with Gasteiger partial charge >= 0.3 is 5.97 Å². The van der Waals surface area contributed by atoms with E-state index in [4.69, 9.17) is 14.6 Å². The molecule has 0 heterocycles. The van der Waals surface area contributed by atoms with Crippen molar-refractivity contribution in [1.29, 1.82) is 0 Å². The number of nitrogens with zero attached hydrogens (tertiary/aromatic N) is 1. The van der Waals surface area contributed by atoms with E-state index in [1.165, 1.54) is 161 Å². The van der Waals surface area contributed by atoms with Crippen molar-refractivity contribution in [2.75, 3.05) is 39.5 Å². The van der Waals surface area contributed by atoms with Crippen molar-refractivity contribution < 1.29 is 24.2 Å². The molecule has 0 aromatic carbocycles. The number of carbonyl (C=O) groups is 2. The molecule has 0 saturated carbocycles. The zero-order valence-corrected chi connectivity index (χ0v) is 38.8. The van der Waals surface area contributed by atoms with E-state index >= 15 is 0 Å². The minimum absolute atomic E-state index is 0.0522. The van der Waals surface area contributed by atoms with E-state index in [-0.39, 0.29) is 18.5 Å². The molecule has 56 heavy (non-hydrogen) atoms. The first-order chi connectivity index (χ1) is 27.5. The molecule has 0 bridgehead atoms. The van der Waals surface area contributed by atoms with Crippen LogP contribution in [0, 0.1) is 11.8 Å². The van der Waals surface area contributed by atoms with Crippen molar-refractivity contribution in [2.24, 2.45) is 11.8 Å². The molecular formula is C50H101NO5. The number of ether oxygens (including phenoxy) is 2. The average Bonchev–Trinajstić information content (AvgIpc) is 3.20. The summed E-state index contributed by atoms with van der Waals surface area (Å²) in [6.07, 6.45) is 43.8. The van der Waals surface area contributed by atoms with Crippen LogP contribution in [0.15, 0.2) is 0 Å². The van der Waals surface area contributed by atoms with Crippen LogP contribution in [0.25, 0.3) is 0 Å². The van der Waals surface area contributed by atoms with Crippen molar-refractivity contribution in [3.63, 3.8) is 0 Å². The summed E-state index contributed by atoms with van der Waals surface area (Å²) in [7, 11) is 0. The van der Waals surface area contributed by atoms with Crippen LogP contribution in [0.2, 0.25) is 0 Å². The molecule has 2 unspecified atom stereocenters. The molecule has 0 aliphatic carbocycles. The van der Waals surface area contributed by atoms with Crippen molar-refractivity contribution in [3.8, 4) is 0 Å². The molecule has 6 heteroatoms. The molecule has 0 aliphatic rings. The summed E-state index contributed by atoms with van der Waals surface area (Å²) in [5.74, 6) is 1.12. The van der Waals surface area contributed by atoms with Crippen molar-refractivity contribution >= 4 is 12.4 Å². The van der Waals surface area contributed by atoms with Crippen molar-refractivity contribution in [1.82, 2.24) is 4.90 Å². The highest BCUT2D eigenvalue weighted by atomic mass is 16.5. The van der Waals surface area contributed by atoms with Gasteiger partial charge in [-0.25, -0.2) is 0 Å². The molecule has 2 atom stereocenters. The first-order valence-corrected chi connectivity index (χ1v) is 25.0. The van der Waals surface area contributed by atoms with Crippen LogP contribution in [0.4, 0.5) is 0 Å². The Balaban J connectivity index is 0. The molecular weight excluding hydrogens is 695 g/mol. The van der Waals surface area contributed by atoms with E-state index in [0.29, 0.717) is 19.7 Å².